The Hall–Kier alpha value is -7.10. The van der Waals surface area contributed by atoms with Crippen molar-refractivity contribution in [2.24, 2.45) is 23.7 Å². The van der Waals surface area contributed by atoms with Gasteiger partial charge in [0.15, 0.2) is 0 Å². The minimum Gasteiger partial charge on any atom is -0.379 e. The van der Waals surface area contributed by atoms with Gasteiger partial charge in [-0.15, -0.1) is 0 Å². The summed E-state index contributed by atoms with van der Waals surface area (Å²) in [5.41, 5.74) is -2.35. The Balaban J connectivity index is 1.30. The van der Waals surface area contributed by atoms with Crippen LogP contribution in [0.5, 0.6) is 0 Å². The Bertz CT molecular complexity index is 3190. The highest BCUT2D eigenvalue weighted by Gasteiger charge is 2.52. The number of hydrogen-bond donors (Lipinski definition) is 3. The van der Waals surface area contributed by atoms with Crippen LogP contribution in [0.3, 0.4) is 0 Å². The fourth-order valence-electron chi connectivity index (χ4n) is 15.8. The van der Waals surface area contributed by atoms with E-state index in [2.05, 4.69) is 16.0 Å². The van der Waals surface area contributed by atoms with Gasteiger partial charge in [-0.1, -0.05) is 116 Å². The molecule has 8 atom stereocenters. The molecular formula is C75H116ClF3N12O13. The molecule has 3 heterocycles. The van der Waals surface area contributed by atoms with Gasteiger partial charge in [0.05, 0.1) is 43.2 Å². The van der Waals surface area contributed by atoms with E-state index < -0.39 is 173 Å². The van der Waals surface area contributed by atoms with E-state index in [0.29, 0.717) is 76.4 Å². The molecule has 104 heavy (non-hydrogen) atoms. The van der Waals surface area contributed by atoms with Crippen LogP contribution in [-0.2, 0) is 74.9 Å². The maximum Gasteiger partial charge on any atom is 0.417 e. The molecule has 6 aliphatic rings. The smallest absolute Gasteiger partial charge is 0.379 e. The summed E-state index contributed by atoms with van der Waals surface area (Å²) in [6.45, 7) is 6.51. The van der Waals surface area contributed by atoms with Crippen molar-refractivity contribution in [2.45, 2.75) is 242 Å². The van der Waals surface area contributed by atoms with Crippen molar-refractivity contribution in [3.63, 3.8) is 0 Å². The first-order chi connectivity index (χ1) is 49.2. The standard InChI is InChI=1S/C75H116ClF3N12O13/c1-12-49(4)64-71(101)85(7)45-62(94)83(5)46-63(95)86(8)57(42-50-25-16-13-17-26-50)69(99)84(6)44-60(92)80-55(33-31-51-30-32-53(54(76)41-51)75(77,78)79)68(98)91-39-24-29-56(91)67(97)82-74(35-20-21-36-74)73(103)89(11)65(52-27-18-14-19-28-52)72(102)88(10)58(70(100)90-37-22-15-23-38-90)43-61(93)87(9)59(66(96)81-64)47-104-40-34-48(2)3/h30,32,41,48-50,52,55-59,64-65H,12-29,31,33-40,42-47H2,1-11H3,(H,80,92)(H,81,96)(H,82,97)/t49-,55-,56?,57-,58-,59-,64-,65-/m0/s1. The molecule has 1 aromatic rings. The van der Waals surface area contributed by atoms with Crippen molar-refractivity contribution >= 4 is 82.5 Å². The van der Waals surface area contributed by atoms with Crippen molar-refractivity contribution in [1.82, 2.24) is 60.0 Å². The molecule has 1 unspecified atom stereocenters. The van der Waals surface area contributed by atoms with Crippen molar-refractivity contribution in [3.05, 3.63) is 34.3 Å². The highest BCUT2D eigenvalue weighted by atomic mass is 35.5. The van der Waals surface area contributed by atoms with E-state index in [1.54, 1.807) is 11.8 Å². The van der Waals surface area contributed by atoms with Crippen LogP contribution in [0.25, 0.3) is 0 Å². The number of carbonyl (C=O) groups is 12. The number of likely N-dealkylation sites (tertiary alicyclic amines) is 1. The molecular weight excluding hydrogens is 1370 g/mol. The molecule has 3 aliphatic heterocycles. The molecule has 29 heteroatoms. The number of halogens is 4. The highest BCUT2D eigenvalue weighted by molar-refractivity contribution is 6.31. The summed E-state index contributed by atoms with van der Waals surface area (Å²) in [4.78, 5) is 192. The van der Waals surface area contributed by atoms with Gasteiger partial charge in [-0.3, -0.25) is 57.5 Å². The number of fused-ring (bicyclic) bond motifs is 1. The van der Waals surface area contributed by atoms with Crippen molar-refractivity contribution in [2.75, 3.05) is 102 Å². The summed E-state index contributed by atoms with van der Waals surface area (Å²) >= 11 is 6.17. The van der Waals surface area contributed by atoms with Gasteiger partial charge in [0.25, 0.3) is 0 Å². The third-order valence-corrected chi connectivity index (χ3v) is 23.1. The molecule has 582 valence electrons. The molecule has 7 rings (SSSR count). The minimum atomic E-state index is -4.76. The van der Waals surface area contributed by atoms with Crippen molar-refractivity contribution in [3.8, 4) is 0 Å². The van der Waals surface area contributed by atoms with Gasteiger partial charge >= 0.3 is 6.18 Å². The molecule has 3 N–H and O–H groups in total. The lowest BCUT2D eigenvalue weighted by Gasteiger charge is -2.43. The number of hydrogen-bond acceptors (Lipinski definition) is 13. The van der Waals surface area contributed by atoms with Gasteiger partial charge < -0.3 is 64.8 Å². The Labute approximate surface area is 617 Å². The molecule has 12 amide bonds. The number of ether oxygens (including phenoxy) is 1. The molecule has 25 nitrogen and oxygen atoms in total. The molecule has 0 bridgehead atoms. The summed E-state index contributed by atoms with van der Waals surface area (Å²) in [7, 11) is 9.94. The lowest BCUT2D eigenvalue weighted by molar-refractivity contribution is -0.157. The Morgan fingerprint density at radius 3 is 1.86 bits per heavy atom. The Morgan fingerprint density at radius 1 is 0.635 bits per heavy atom. The van der Waals surface area contributed by atoms with Crippen LogP contribution < -0.4 is 16.0 Å². The van der Waals surface area contributed by atoms with E-state index in [1.807, 2.05) is 20.8 Å². The quantitative estimate of drug-likeness (QED) is 0.169. The lowest BCUT2D eigenvalue weighted by Crippen LogP contribution is -2.65. The van der Waals surface area contributed by atoms with E-state index in [0.717, 1.165) is 84.6 Å². The first kappa shape index (κ1) is 84.2. The van der Waals surface area contributed by atoms with Crippen LogP contribution in [0.2, 0.25) is 5.02 Å². The van der Waals surface area contributed by atoms with Gasteiger partial charge in [0.2, 0.25) is 70.9 Å². The number of nitrogens with zero attached hydrogens (tertiary/aromatic N) is 9. The molecule has 1 spiro atoms. The number of likely N-dealkylation sites (N-methyl/N-ethyl adjacent to an activating group) is 7. The second-order valence-corrected chi connectivity index (χ2v) is 31.2. The van der Waals surface area contributed by atoms with Gasteiger partial charge in [-0.2, -0.15) is 13.2 Å². The summed E-state index contributed by atoms with van der Waals surface area (Å²) in [6, 6.07) is -5.85. The first-order valence-corrected chi connectivity index (χ1v) is 38.3. The number of nitrogens with one attached hydrogen (secondary N) is 3. The van der Waals surface area contributed by atoms with E-state index in [1.165, 1.54) is 79.9 Å². The number of piperidine rings is 1. The van der Waals surface area contributed by atoms with E-state index >= 15 is 33.6 Å². The van der Waals surface area contributed by atoms with Crippen LogP contribution in [-0.4, -0.2) is 265 Å². The fourth-order valence-corrected chi connectivity index (χ4v) is 16.1. The number of amides is 12. The third kappa shape index (κ3) is 21.8. The molecule has 6 fully saturated rings. The van der Waals surface area contributed by atoms with Crippen LogP contribution in [0.1, 0.15) is 193 Å². The summed E-state index contributed by atoms with van der Waals surface area (Å²) in [5, 5.41) is 8.16. The highest BCUT2D eigenvalue weighted by Crippen LogP contribution is 2.39. The average Bonchev–Trinajstić information content (AvgIpc) is 1.44. The zero-order valence-corrected chi connectivity index (χ0v) is 64.0. The first-order valence-electron chi connectivity index (χ1n) is 37.9. The monoisotopic (exact) mass is 1480 g/mol. The van der Waals surface area contributed by atoms with Crippen molar-refractivity contribution < 1.29 is 75.4 Å². The molecule has 1 aromatic carbocycles. The predicted octanol–water partition coefficient (Wildman–Crippen LogP) is 6.44. The summed E-state index contributed by atoms with van der Waals surface area (Å²) in [6.07, 6.45) is 7.34. The zero-order valence-electron chi connectivity index (χ0n) is 63.3. The van der Waals surface area contributed by atoms with Gasteiger partial charge in [-0.05, 0) is 125 Å². The molecule has 3 saturated heterocycles. The third-order valence-electron chi connectivity index (χ3n) is 22.8. The van der Waals surface area contributed by atoms with Crippen LogP contribution in [0, 0.1) is 23.7 Å². The van der Waals surface area contributed by atoms with Crippen LogP contribution in [0.4, 0.5) is 13.2 Å². The van der Waals surface area contributed by atoms with Crippen LogP contribution in [0.15, 0.2) is 18.2 Å². The topological polar surface area (TPSA) is 279 Å². The largest absolute Gasteiger partial charge is 0.417 e. The number of benzene rings is 1. The Morgan fingerprint density at radius 2 is 1.24 bits per heavy atom. The number of alkyl halides is 3. The van der Waals surface area contributed by atoms with Gasteiger partial charge in [-0.25, -0.2) is 0 Å². The van der Waals surface area contributed by atoms with Gasteiger partial charge in [0.1, 0.15) is 47.8 Å². The molecule has 0 aromatic heterocycles. The van der Waals surface area contributed by atoms with Crippen molar-refractivity contribution in [1.29, 1.82) is 0 Å². The zero-order chi connectivity index (χ0) is 76.5. The van der Waals surface area contributed by atoms with E-state index in [-0.39, 0.29) is 70.1 Å². The van der Waals surface area contributed by atoms with E-state index in [9.17, 15) is 37.1 Å². The summed E-state index contributed by atoms with van der Waals surface area (Å²) < 4.78 is 47.8. The predicted molar refractivity (Wildman–Crippen MR) is 384 cm³/mol. The lowest BCUT2D eigenvalue weighted by atomic mass is 9.81. The maximum atomic E-state index is 15.9. The maximum absolute atomic E-state index is 15.9. The summed E-state index contributed by atoms with van der Waals surface area (Å²) in [5.74, 6) is -8.64. The van der Waals surface area contributed by atoms with Crippen LogP contribution >= 0.6 is 11.6 Å². The Kier molecular flexibility index (Phi) is 31.1. The second-order valence-electron chi connectivity index (χ2n) is 30.8. The van der Waals surface area contributed by atoms with Gasteiger partial charge in [0, 0.05) is 75.6 Å². The minimum absolute atomic E-state index is 0.0125. The number of carbonyl (C=O) groups excluding carboxylic acids is 12. The number of rotatable bonds is 14. The molecule has 3 aliphatic carbocycles. The fraction of sp³-hybridized carbons (Fsp3) is 0.760. The average molecular weight is 1490 g/mol. The van der Waals surface area contributed by atoms with E-state index in [4.69, 9.17) is 16.3 Å². The molecule has 3 saturated carbocycles. The molecule has 0 radical (unpaired) electrons. The SMILES string of the molecule is CC[C@H](C)[C@@H]1NC(=O)[C@H](COCCC(C)C)N(C)C(=O)C[C@@H](C(=O)N2CCCCC2)N(C)C(=O)[C@H](C2CCCCC2)N(C)C(=O)C2(CCCC2)NC(=O)C2CCCN2C(=O)[C@H](CCc2ccc(C(F)(F)F)c(Cl)c2)NC(=O)CN(C)C(=O)[C@H](CC2CCCCC2)N(C)C(=O)CN(C)C(=O)CN(C)C1=O. The normalized spacial score (nSPS) is 26.4. The number of aryl methyl sites for hydroxylation is 1. The second kappa shape index (κ2) is 38.4.